The number of rotatable bonds is 7. The molecule has 236 valence electrons. The van der Waals surface area contributed by atoms with Crippen LogP contribution >= 0.6 is 23.2 Å². The average Bonchev–Trinajstić information content (AvgIpc) is 3.61. The number of benzene rings is 3. The van der Waals surface area contributed by atoms with Gasteiger partial charge in [0.05, 0.1) is 5.02 Å². The Kier molecular flexibility index (Phi) is 9.13. The predicted molar refractivity (Wildman–Crippen MR) is 171 cm³/mol. The number of anilines is 2. The first-order valence-electron chi connectivity index (χ1n) is 14.2. The molecule has 0 aliphatic carbocycles. The van der Waals surface area contributed by atoms with E-state index in [0.29, 0.717) is 46.7 Å². The fraction of sp³-hybridized carbons (Fsp3) is 0.281. The lowest BCUT2D eigenvalue weighted by Gasteiger charge is -2.28. The number of carbonyl (C=O) groups excluding carboxylic acids is 3. The molecule has 1 aliphatic heterocycles. The molecule has 45 heavy (non-hydrogen) atoms. The number of nitrogens with zero attached hydrogens (tertiary/aromatic N) is 1. The molecular weight excluding hydrogens is 624 g/mol. The molecule has 4 aromatic rings. The number of hydrogen-bond acceptors (Lipinski definition) is 6. The van der Waals surface area contributed by atoms with Crippen molar-refractivity contribution in [2.45, 2.75) is 51.8 Å². The molecule has 1 atom stereocenters. The number of amides is 3. The number of carbonyl (C=O) groups is 3. The zero-order chi connectivity index (χ0) is 32.5. The minimum absolute atomic E-state index is 0.0325. The van der Waals surface area contributed by atoms with E-state index in [9.17, 15) is 14.4 Å². The maximum Gasteiger partial charge on any atom is 0.410 e. The molecule has 13 heteroatoms. The summed E-state index contributed by atoms with van der Waals surface area (Å²) < 4.78 is 26.4. The minimum Gasteiger partial charge on any atom is -0.453 e. The van der Waals surface area contributed by atoms with Crippen LogP contribution in [0, 0.1) is 5.82 Å². The zero-order valence-electron chi connectivity index (χ0n) is 24.8. The van der Waals surface area contributed by atoms with Crippen LogP contribution in [0.5, 0.6) is 11.5 Å². The van der Waals surface area contributed by atoms with Crippen LogP contribution in [0.4, 0.5) is 20.6 Å². The second-order valence-corrected chi connectivity index (χ2v) is 12.5. The third-order valence-corrected chi connectivity index (χ3v) is 7.51. The fourth-order valence-corrected chi connectivity index (χ4v) is 5.39. The van der Waals surface area contributed by atoms with E-state index in [1.165, 1.54) is 35.2 Å². The van der Waals surface area contributed by atoms with Gasteiger partial charge in [0.1, 0.15) is 23.1 Å². The van der Waals surface area contributed by atoms with Crippen molar-refractivity contribution in [2.75, 3.05) is 17.6 Å². The highest BCUT2D eigenvalue weighted by Gasteiger charge is 2.36. The molecule has 1 fully saturated rings. The number of nitrogen functional groups attached to an aromatic ring is 1. The highest BCUT2D eigenvalue weighted by molar-refractivity contribution is 6.32. The summed E-state index contributed by atoms with van der Waals surface area (Å²) in [6.45, 7) is 5.62. The molecule has 10 nitrogen and oxygen atoms in total. The van der Waals surface area contributed by atoms with Gasteiger partial charge in [-0.25, -0.2) is 9.18 Å². The van der Waals surface area contributed by atoms with E-state index >= 15 is 4.39 Å². The smallest absolute Gasteiger partial charge is 0.410 e. The van der Waals surface area contributed by atoms with Crippen LogP contribution in [-0.4, -0.2) is 46.0 Å². The summed E-state index contributed by atoms with van der Waals surface area (Å²) >= 11 is 12.2. The molecule has 1 aliphatic rings. The lowest BCUT2D eigenvalue weighted by molar-refractivity contribution is -0.120. The second kappa shape index (κ2) is 12.9. The first-order chi connectivity index (χ1) is 21.3. The molecule has 0 saturated carbocycles. The summed E-state index contributed by atoms with van der Waals surface area (Å²) in [5.41, 5.74) is 7.00. The number of halogens is 3. The molecule has 0 unspecified atom stereocenters. The number of ether oxygens (including phenoxy) is 2. The number of nitrogens with one attached hydrogen (secondary N) is 3. The summed E-state index contributed by atoms with van der Waals surface area (Å²) in [5, 5.41) is 6.58. The Labute approximate surface area is 268 Å². The number of H-pyrrole nitrogens is 1. The van der Waals surface area contributed by atoms with E-state index in [0.717, 1.165) is 0 Å². The van der Waals surface area contributed by atoms with Gasteiger partial charge < -0.3 is 30.8 Å². The van der Waals surface area contributed by atoms with Crippen molar-refractivity contribution in [3.05, 3.63) is 81.7 Å². The molecule has 0 radical (unpaired) electrons. The van der Waals surface area contributed by atoms with Crippen LogP contribution in [-0.2, 0) is 16.1 Å². The van der Waals surface area contributed by atoms with Crippen molar-refractivity contribution in [2.24, 2.45) is 0 Å². The van der Waals surface area contributed by atoms with Gasteiger partial charge in [-0.3, -0.25) is 14.5 Å². The largest absolute Gasteiger partial charge is 0.453 e. The SMILES string of the molecule is CC(C)(C)OC(=O)N1CCC[C@H]1C(=O)Nc1ccc2[nH]c(C(=O)NCc3ccc(Cl)c(Oc4cc(N)cc(Cl)c4)c3F)cc2c1. The Hall–Kier alpha value is -4.48. The van der Waals surface area contributed by atoms with Crippen molar-refractivity contribution < 1.29 is 28.2 Å². The molecule has 3 aromatic carbocycles. The third kappa shape index (κ3) is 7.61. The van der Waals surface area contributed by atoms with Crippen LogP contribution in [0.3, 0.4) is 0 Å². The maximum absolute atomic E-state index is 15.3. The topological polar surface area (TPSA) is 139 Å². The lowest BCUT2D eigenvalue weighted by atomic mass is 10.1. The van der Waals surface area contributed by atoms with Crippen LogP contribution in [0.1, 0.15) is 49.7 Å². The predicted octanol–water partition coefficient (Wildman–Crippen LogP) is 7.26. The summed E-state index contributed by atoms with van der Waals surface area (Å²) in [7, 11) is 0. The second-order valence-electron chi connectivity index (χ2n) is 11.7. The van der Waals surface area contributed by atoms with E-state index in [-0.39, 0.29) is 40.2 Å². The minimum atomic E-state index is -0.745. The van der Waals surface area contributed by atoms with Crippen LogP contribution in [0.15, 0.2) is 54.6 Å². The molecule has 3 amide bonds. The maximum atomic E-state index is 15.3. The highest BCUT2D eigenvalue weighted by atomic mass is 35.5. The van der Waals surface area contributed by atoms with Gasteiger partial charge in [0, 0.05) is 52.0 Å². The Balaban J connectivity index is 1.24. The zero-order valence-corrected chi connectivity index (χ0v) is 26.3. The Bertz CT molecular complexity index is 1770. The van der Waals surface area contributed by atoms with Crippen molar-refractivity contribution in [1.82, 2.24) is 15.2 Å². The fourth-order valence-electron chi connectivity index (χ4n) is 4.97. The van der Waals surface area contributed by atoms with Crippen molar-refractivity contribution in [1.29, 1.82) is 0 Å². The molecule has 5 rings (SSSR count). The molecule has 5 N–H and O–H groups in total. The number of fused-ring (bicyclic) bond motifs is 1. The van der Waals surface area contributed by atoms with Crippen molar-refractivity contribution in [3.63, 3.8) is 0 Å². The summed E-state index contributed by atoms with van der Waals surface area (Å²) in [6.07, 6.45) is 0.696. The quantitative estimate of drug-likeness (QED) is 0.155. The van der Waals surface area contributed by atoms with E-state index in [1.54, 1.807) is 45.0 Å². The number of likely N-dealkylation sites (tertiary alicyclic amines) is 1. The van der Waals surface area contributed by atoms with Gasteiger partial charge in [-0.1, -0.05) is 29.3 Å². The van der Waals surface area contributed by atoms with Gasteiger partial charge in [-0.15, -0.1) is 0 Å². The van der Waals surface area contributed by atoms with Gasteiger partial charge >= 0.3 is 6.09 Å². The number of aromatic nitrogens is 1. The Morgan fingerprint density at radius 3 is 2.60 bits per heavy atom. The van der Waals surface area contributed by atoms with Crippen LogP contribution in [0.25, 0.3) is 10.9 Å². The van der Waals surface area contributed by atoms with Crippen molar-refractivity contribution in [3.8, 4) is 11.5 Å². The van der Waals surface area contributed by atoms with E-state index < -0.39 is 29.5 Å². The first kappa shape index (κ1) is 31.9. The van der Waals surface area contributed by atoms with E-state index in [2.05, 4.69) is 15.6 Å². The molecule has 0 bridgehead atoms. The van der Waals surface area contributed by atoms with Gasteiger partial charge in [0.2, 0.25) is 5.91 Å². The summed E-state index contributed by atoms with van der Waals surface area (Å²) in [4.78, 5) is 43.1. The average molecular weight is 657 g/mol. The molecule has 1 aromatic heterocycles. The Morgan fingerprint density at radius 1 is 1.09 bits per heavy atom. The van der Waals surface area contributed by atoms with E-state index in [1.807, 2.05) is 0 Å². The molecule has 2 heterocycles. The normalized spacial score (nSPS) is 14.8. The number of hydrogen-bond donors (Lipinski definition) is 4. The number of aromatic amines is 1. The summed E-state index contributed by atoms with van der Waals surface area (Å²) in [5.74, 6) is -1.56. The van der Waals surface area contributed by atoms with E-state index in [4.69, 9.17) is 38.4 Å². The lowest BCUT2D eigenvalue weighted by Crippen LogP contribution is -2.45. The summed E-state index contributed by atoms with van der Waals surface area (Å²) in [6, 6.07) is 13.5. The molecular formula is C32H32Cl2FN5O5. The van der Waals surface area contributed by atoms with Crippen LogP contribution in [0.2, 0.25) is 10.0 Å². The molecule has 1 saturated heterocycles. The van der Waals surface area contributed by atoms with Gasteiger partial charge in [0.25, 0.3) is 5.91 Å². The third-order valence-electron chi connectivity index (χ3n) is 7.00. The van der Waals surface area contributed by atoms with Gasteiger partial charge in [0.15, 0.2) is 11.6 Å². The monoisotopic (exact) mass is 655 g/mol. The van der Waals surface area contributed by atoms with Crippen LogP contribution < -0.4 is 21.1 Å². The highest BCUT2D eigenvalue weighted by Crippen LogP contribution is 2.35. The standard InChI is InChI=1S/C32H32Cl2FN5O5/c1-32(2,3)45-31(43)40-10-4-5-26(40)30(42)38-21-7-9-24-18(11-21)12-25(39-24)29(41)37-16-17-6-8-23(34)28(27(17)35)44-22-14-19(33)13-20(36)15-22/h6-9,11-15,26,39H,4-5,10,16,36H2,1-3H3,(H,37,41)(H,38,42)/t26-/m0/s1. The first-order valence-corrected chi connectivity index (χ1v) is 15.0. The number of nitrogens with two attached hydrogens (primary N) is 1. The molecule has 0 spiro atoms. The Morgan fingerprint density at radius 2 is 1.87 bits per heavy atom. The van der Waals surface area contributed by atoms with Gasteiger partial charge in [-0.05, 0) is 76.1 Å². The van der Waals surface area contributed by atoms with Crippen molar-refractivity contribution >= 4 is 63.4 Å². The van der Waals surface area contributed by atoms with Gasteiger partial charge in [-0.2, -0.15) is 0 Å².